The summed E-state index contributed by atoms with van der Waals surface area (Å²) in [4.78, 5) is 0. The first kappa shape index (κ1) is 12.8. The molecular weight excluding hydrogens is 263 g/mol. The zero-order valence-electron chi connectivity index (χ0n) is 6.64. The minimum Gasteiger partial charge on any atom is -0.322 e. The summed E-state index contributed by atoms with van der Waals surface area (Å²) in [7, 11) is 0. The van der Waals surface area contributed by atoms with Crippen molar-refractivity contribution in [3.8, 4) is 0 Å². The van der Waals surface area contributed by atoms with Gasteiger partial charge in [-0.05, 0) is 18.2 Å². The molecule has 0 aliphatic rings. The molecule has 0 amide bonds. The smallest absolute Gasteiger partial charge is 0.128 e. The predicted molar refractivity (Wildman–Crippen MR) is 54.3 cm³/mol. The summed E-state index contributed by atoms with van der Waals surface area (Å²) in [5.41, 5.74) is 5.53. The second-order valence-electron chi connectivity index (χ2n) is 2.43. The lowest BCUT2D eigenvalue weighted by atomic mass is 10.1. The van der Waals surface area contributed by atoms with E-state index in [9.17, 15) is 8.78 Å². The predicted octanol–water partition coefficient (Wildman–Crippen LogP) is 2.98. The first-order valence-corrected chi connectivity index (χ1v) is 4.21. The average molecular weight is 273 g/mol. The fraction of sp³-hybridized carbons (Fsp3) is 0.250. The van der Waals surface area contributed by atoms with Crippen LogP contribution in [0, 0.1) is 5.82 Å². The number of halogens is 4. The summed E-state index contributed by atoms with van der Waals surface area (Å²) in [6.45, 7) is -0.757. The lowest BCUT2D eigenvalue weighted by Crippen LogP contribution is -2.13. The maximum atomic E-state index is 12.9. The summed E-state index contributed by atoms with van der Waals surface area (Å²) < 4.78 is 25.7. The maximum absolute atomic E-state index is 12.9. The van der Waals surface area contributed by atoms with Crippen molar-refractivity contribution >= 4 is 28.3 Å². The molecule has 2 N–H and O–H groups in total. The SMILES string of the molecule is Cl.N[C@@H](CF)c1cc(Br)ccc1F. The Morgan fingerprint density at radius 2 is 2.08 bits per heavy atom. The van der Waals surface area contributed by atoms with Crippen molar-refractivity contribution in [1.29, 1.82) is 0 Å². The zero-order valence-corrected chi connectivity index (χ0v) is 9.04. The molecule has 0 bridgehead atoms. The van der Waals surface area contributed by atoms with Gasteiger partial charge in [-0.1, -0.05) is 15.9 Å². The van der Waals surface area contributed by atoms with Gasteiger partial charge in [0, 0.05) is 10.0 Å². The molecule has 1 rings (SSSR count). The highest BCUT2D eigenvalue weighted by Gasteiger charge is 2.10. The molecule has 0 fully saturated rings. The minimum absolute atomic E-state index is 0. The van der Waals surface area contributed by atoms with Gasteiger partial charge in [0.2, 0.25) is 0 Å². The Labute approximate surface area is 89.9 Å². The minimum atomic E-state index is -0.873. The molecule has 0 radical (unpaired) electrons. The molecule has 1 atom stereocenters. The zero-order chi connectivity index (χ0) is 9.14. The molecule has 74 valence electrons. The molecular formula is C8H9BrClF2N. The largest absolute Gasteiger partial charge is 0.322 e. The van der Waals surface area contributed by atoms with E-state index in [0.717, 1.165) is 0 Å². The number of nitrogens with two attached hydrogens (primary N) is 1. The third-order valence-corrected chi connectivity index (χ3v) is 2.02. The van der Waals surface area contributed by atoms with Crippen LogP contribution in [0.4, 0.5) is 8.78 Å². The van der Waals surface area contributed by atoms with Crippen molar-refractivity contribution < 1.29 is 8.78 Å². The molecule has 1 nitrogen and oxygen atoms in total. The summed E-state index contributed by atoms with van der Waals surface area (Å²) >= 11 is 3.15. The van der Waals surface area contributed by atoms with Gasteiger partial charge in [-0.25, -0.2) is 8.78 Å². The van der Waals surface area contributed by atoms with E-state index in [0.29, 0.717) is 4.47 Å². The van der Waals surface area contributed by atoms with E-state index in [1.54, 1.807) is 6.07 Å². The van der Waals surface area contributed by atoms with Gasteiger partial charge in [0.15, 0.2) is 0 Å². The van der Waals surface area contributed by atoms with Gasteiger partial charge in [-0.2, -0.15) is 0 Å². The van der Waals surface area contributed by atoms with Crippen LogP contribution in [-0.2, 0) is 0 Å². The van der Waals surface area contributed by atoms with Crippen LogP contribution in [0.25, 0.3) is 0 Å². The summed E-state index contributed by atoms with van der Waals surface area (Å²) in [6, 6.07) is 3.42. The van der Waals surface area contributed by atoms with Gasteiger partial charge in [-0.3, -0.25) is 0 Å². The lowest BCUT2D eigenvalue weighted by molar-refractivity contribution is 0.426. The third-order valence-electron chi connectivity index (χ3n) is 1.52. The van der Waals surface area contributed by atoms with Crippen molar-refractivity contribution in [3.63, 3.8) is 0 Å². The highest BCUT2D eigenvalue weighted by atomic mass is 79.9. The molecule has 1 aromatic carbocycles. The van der Waals surface area contributed by atoms with Crippen LogP contribution in [0.2, 0.25) is 0 Å². The third kappa shape index (κ3) is 3.21. The Morgan fingerprint density at radius 3 is 2.62 bits per heavy atom. The first-order chi connectivity index (χ1) is 5.65. The molecule has 1 aromatic rings. The Balaban J connectivity index is 0.00000144. The second-order valence-corrected chi connectivity index (χ2v) is 3.34. The fourth-order valence-electron chi connectivity index (χ4n) is 0.882. The number of rotatable bonds is 2. The molecule has 0 spiro atoms. The van der Waals surface area contributed by atoms with Gasteiger partial charge in [0.25, 0.3) is 0 Å². The Morgan fingerprint density at radius 1 is 1.46 bits per heavy atom. The van der Waals surface area contributed by atoms with Crippen LogP contribution in [-0.4, -0.2) is 6.67 Å². The van der Waals surface area contributed by atoms with E-state index in [1.807, 2.05) is 0 Å². The Kier molecular flexibility index (Phi) is 5.44. The van der Waals surface area contributed by atoms with Crippen LogP contribution in [0.5, 0.6) is 0 Å². The van der Waals surface area contributed by atoms with Crippen molar-refractivity contribution in [2.24, 2.45) is 5.73 Å². The fourth-order valence-corrected chi connectivity index (χ4v) is 1.26. The number of benzene rings is 1. The average Bonchev–Trinajstić information content (AvgIpc) is 2.08. The van der Waals surface area contributed by atoms with E-state index in [2.05, 4.69) is 15.9 Å². The highest BCUT2D eigenvalue weighted by Crippen LogP contribution is 2.20. The molecule has 13 heavy (non-hydrogen) atoms. The summed E-state index contributed by atoms with van der Waals surface area (Å²) in [6.07, 6.45) is 0. The molecule has 0 aliphatic carbocycles. The van der Waals surface area contributed by atoms with E-state index >= 15 is 0 Å². The maximum Gasteiger partial charge on any atom is 0.128 e. The monoisotopic (exact) mass is 271 g/mol. The standard InChI is InChI=1S/C8H8BrF2N.ClH/c9-5-1-2-7(11)6(3-5)8(12)4-10;/h1-3,8H,4,12H2;1H/t8-;/m0./s1. The number of alkyl halides is 1. The Hall–Kier alpha value is -0.190. The van der Waals surface area contributed by atoms with Crippen LogP contribution >= 0.6 is 28.3 Å². The molecule has 0 saturated heterocycles. The van der Waals surface area contributed by atoms with Gasteiger partial charge in [0.05, 0.1) is 6.04 Å². The van der Waals surface area contributed by atoms with E-state index in [4.69, 9.17) is 5.73 Å². The van der Waals surface area contributed by atoms with Gasteiger partial charge < -0.3 is 5.73 Å². The van der Waals surface area contributed by atoms with Crippen LogP contribution in [0.3, 0.4) is 0 Å². The quantitative estimate of drug-likeness (QED) is 0.880. The molecule has 0 heterocycles. The van der Waals surface area contributed by atoms with E-state index in [1.165, 1.54) is 12.1 Å². The van der Waals surface area contributed by atoms with Crippen molar-refractivity contribution in [3.05, 3.63) is 34.1 Å². The van der Waals surface area contributed by atoms with Crippen molar-refractivity contribution in [2.45, 2.75) is 6.04 Å². The van der Waals surface area contributed by atoms with Crippen LogP contribution in [0.15, 0.2) is 22.7 Å². The molecule has 0 saturated carbocycles. The molecule has 0 aliphatic heterocycles. The van der Waals surface area contributed by atoms with Crippen molar-refractivity contribution in [2.75, 3.05) is 6.67 Å². The number of hydrogen-bond donors (Lipinski definition) is 1. The number of hydrogen-bond acceptors (Lipinski definition) is 1. The van der Waals surface area contributed by atoms with E-state index < -0.39 is 18.5 Å². The molecule has 0 aromatic heterocycles. The normalized spacial score (nSPS) is 12.0. The summed E-state index contributed by atoms with van der Waals surface area (Å²) in [5, 5.41) is 0. The highest BCUT2D eigenvalue weighted by molar-refractivity contribution is 9.10. The second kappa shape index (κ2) is 5.52. The molecule has 5 heteroatoms. The Bertz CT molecular complexity index is 283. The van der Waals surface area contributed by atoms with Crippen LogP contribution in [0.1, 0.15) is 11.6 Å². The van der Waals surface area contributed by atoms with Gasteiger partial charge >= 0.3 is 0 Å². The van der Waals surface area contributed by atoms with E-state index in [-0.39, 0.29) is 18.0 Å². The summed E-state index contributed by atoms with van der Waals surface area (Å²) in [5.74, 6) is -0.469. The van der Waals surface area contributed by atoms with Crippen molar-refractivity contribution in [1.82, 2.24) is 0 Å². The van der Waals surface area contributed by atoms with Crippen LogP contribution < -0.4 is 5.73 Å². The first-order valence-electron chi connectivity index (χ1n) is 3.41. The molecule has 0 unspecified atom stereocenters. The van der Waals surface area contributed by atoms with Gasteiger partial charge in [0.1, 0.15) is 12.5 Å². The van der Waals surface area contributed by atoms with Gasteiger partial charge in [-0.15, -0.1) is 12.4 Å². The lowest BCUT2D eigenvalue weighted by Gasteiger charge is -2.08. The topological polar surface area (TPSA) is 26.0 Å².